The average molecular weight is 267 g/mol. The fourth-order valence-corrected chi connectivity index (χ4v) is 1.98. The third-order valence-corrected chi connectivity index (χ3v) is 3.73. The van der Waals surface area contributed by atoms with Crippen LogP contribution in [0.2, 0.25) is 5.02 Å². The number of rotatable bonds is 3. The number of imidazole rings is 1. The summed E-state index contributed by atoms with van der Waals surface area (Å²) in [6.07, 6.45) is 0. The lowest BCUT2D eigenvalue weighted by molar-refractivity contribution is 0.172. The molecule has 0 saturated carbocycles. The zero-order valence-corrected chi connectivity index (χ0v) is 12.0. The number of aromatic nitrogens is 2. The van der Waals surface area contributed by atoms with E-state index in [-0.39, 0.29) is 5.54 Å². The molecule has 0 aliphatic rings. The minimum Gasteiger partial charge on any atom is -0.369 e. The SMILES string of the molecule is CN(C)C(C)(C)Cn1c(N)nc2ccc(Cl)cc21. The van der Waals surface area contributed by atoms with Crippen molar-refractivity contribution in [2.75, 3.05) is 19.8 Å². The van der Waals surface area contributed by atoms with Gasteiger partial charge in [0.25, 0.3) is 0 Å². The molecule has 1 aromatic heterocycles. The minimum atomic E-state index is -0.00985. The summed E-state index contributed by atoms with van der Waals surface area (Å²) in [6, 6.07) is 5.64. The Balaban J connectivity index is 2.50. The van der Waals surface area contributed by atoms with E-state index in [0.29, 0.717) is 11.0 Å². The van der Waals surface area contributed by atoms with E-state index >= 15 is 0 Å². The van der Waals surface area contributed by atoms with Crippen LogP contribution < -0.4 is 5.73 Å². The highest BCUT2D eigenvalue weighted by Crippen LogP contribution is 2.25. The van der Waals surface area contributed by atoms with Gasteiger partial charge in [-0.15, -0.1) is 0 Å². The summed E-state index contributed by atoms with van der Waals surface area (Å²) in [7, 11) is 4.12. The highest BCUT2D eigenvalue weighted by atomic mass is 35.5. The van der Waals surface area contributed by atoms with Gasteiger partial charge < -0.3 is 15.2 Å². The number of nitrogens with two attached hydrogens (primary N) is 1. The Morgan fingerprint density at radius 1 is 1.39 bits per heavy atom. The first kappa shape index (κ1) is 13.2. The molecule has 0 unspecified atom stereocenters. The number of halogens is 1. The van der Waals surface area contributed by atoms with Gasteiger partial charge in [0.05, 0.1) is 11.0 Å². The quantitative estimate of drug-likeness (QED) is 0.929. The van der Waals surface area contributed by atoms with Crippen LogP contribution in [0.4, 0.5) is 5.95 Å². The van der Waals surface area contributed by atoms with Crippen molar-refractivity contribution < 1.29 is 0 Å². The van der Waals surface area contributed by atoms with Gasteiger partial charge in [-0.25, -0.2) is 4.98 Å². The van der Waals surface area contributed by atoms with Gasteiger partial charge in [-0.1, -0.05) is 11.6 Å². The maximum absolute atomic E-state index is 6.04. The molecule has 0 spiro atoms. The lowest BCUT2D eigenvalue weighted by Crippen LogP contribution is -2.42. The number of anilines is 1. The van der Waals surface area contributed by atoms with Crippen molar-refractivity contribution in [2.45, 2.75) is 25.9 Å². The Hall–Kier alpha value is -1.26. The summed E-state index contributed by atoms with van der Waals surface area (Å²) in [5.41, 5.74) is 7.85. The van der Waals surface area contributed by atoms with Crippen LogP contribution in [-0.4, -0.2) is 34.1 Å². The Morgan fingerprint density at radius 2 is 2.06 bits per heavy atom. The number of fused-ring (bicyclic) bond motifs is 1. The van der Waals surface area contributed by atoms with Crippen molar-refractivity contribution in [3.63, 3.8) is 0 Å². The monoisotopic (exact) mass is 266 g/mol. The molecule has 0 amide bonds. The molecule has 0 atom stereocenters. The third-order valence-electron chi connectivity index (χ3n) is 3.50. The van der Waals surface area contributed by atoms with E-state index < -0.39 is 0 Å². The second-order valence-electron chi connectivity index (χ2n) is 5.40. The normalized spacial score (nSPS) is 12.6. The van der Waals surface area contributed by atoms with Crippen molar-refractivity contribution in [3.05, 3.63) is 23.2 Å². The molecule has 0 saturated heterocycles. The van der Waals surface area contributed by atoms with Crippen molar-refractivity contribution in [2.24, 2.45) is 0 Å². The van der Waals surface area contributed by atoms with Crippen LogP contribution in [0.5, 0.6) is 0 Å². The summed E-state index contributed by atoms with van der Waals surface area (Å²) in [6.45, 7) is 5.11. The van der Waals surface area contributed by atoms with Crippen LogP contribution in [0.25, 0.3) is 11.0 Å². The van der Waals surface area contributed by atoms with Crippen LogP contribution in [0, 0.1) is 0 Å². The molecular formula is C13H19ClN4. The summed E-state index contributed by atoms with van der Waals surface area (Å²) in [5.74, 6) is 0.530. The fraction of sp³-hybridized carbons (Fsp3) is 0.462. The van der Waals surface area contributed by atoms with Crippen LogP contribution in [0.15, 0.2) is 18.2 Å². The molecule has 1 aromatic carbocycles. The number of likely N-dealkylation sites (N-methyl/N-ethyl adjacent to an activating group) is 1. The second kappa shape index (κ2) is 4.44. The van der Waals surface area contributed by atoms with Crippen LogP contribution >= 0.6 is 11.6 Å². The molecule has 98 valence electrons. The zero-order chi connectivity index (χ0) is 13.5. The van der Waals surface area contributed by atoms with Gasteiger partial charge in [0.1, 0.15) is 0 Å². The highest BCUT2D eigenvalue weighted by Gasteiger charge is 2.23. The maximum Gasteiger partial charge on any atom is 0.201 e. The molecule has 5 heteroatoms. The number of hydrogen-bond acceptors (Lipinski definition) is 3. The highest BCUT2D eigenvalue weighted by molar-refractivity contribution is 6.31. The summed E-state index contributed by atoms with van der Waals surface area (Å²) < 4.78 is 2.02. The third kappa shape index (κ3) is 2.31. The van der Waals surface area contributed by atoms with Gasteiger partial charge in [0.2, 0.25) is 5.95 Å². The predicted molar refractivity (Wildman–Crippen MR) is 76.9 cm³/mol. The van der Waals surface area contributed by atoms with E-state index in [1.165, 1.54) is 0 Å². The molecule has 0 aliphatic heterocycles. The topological polar surface area (TPSA) is 47.1 Å². The number of benzene rings is 1. The summed E-state index contributed by atoms with van der Waals surface area (Å²) in [4.78, 5) is 6.53. The first-order valence-electron chi connectivity index (χ1n) is 5.90. The van der Waals surface area contributed by atoms with Crippen molar-refractivity contribution in [1.82, 2.24) is 14.5 Å². The van der Waals surface area contributed by atoms with E-state index in [1.54, 1.807) is 0 Å². The molecule has 2 N–H and O–H groups in total. The Morgan fingerprint density at radius 3 is 2.67 bits per heavy atom. The first-order chi connectivity index (χ1) is 8.31. The van der Waals surface area contributed by atoms with Crippen LogP contribution in [-0.2, 0) is 6.54 Å². The second-order valence-corrected chi connectivity index (χ2v) is 5.83. The average Bonchev–Trinajstić information content (AvgIpc) is 2.55. The number of hydrogen-bond donors (Lipinski definition) is 1. The molecule has 0 radical (unpaired) electrons. The molecule has 18 heavy (non-hydrogen) atoms. The van der Waals surface area contributed by atoms with E-state index in [0.717, 1.165) is 17.6 Å². The first-order valence-corrected chi connectivity index (χ1v) is 6.28. The van der Waals surface area contributed by atoms with Gasteiger partial charge in [0, 0.05) is 17.1 Å². The Labute approximate surface area is 112 Å². The number of nitrogens with zero attached hydrogens (tertiary/aromatic N) is 3. The largest absolute Gasteiger partial charge is 0.369 e. The number of nitrogen functional groups attached to an aromatic ring is 1. The zero-order valence-electron chi connectivity index (χ0n) is 11.2. The van der Waals surface area contributed by atoms with Gasteiger partial charge in [0.15, 0.2) is 0 Å². The van der Waals surface area contributed by atoms with Crippen molar-refractivity contribution >= 4 is 28.6 Å². The fourth-order valence-electron chi connectivity index (χ4n) is 1.81. The van der Waals surface area contributed by atoms with Gasteiger partial charge >= 0.3 is 0 Å². The molecule has 0 bridgehead atoms. The maximum atomic E-state index is 6.04. The minimum absolute atomic E-state index is 0.00985. The van der Waals surface area contributed by atoms with E-state index in [1.807, 2.05) is 22.8 Å². The lowest BCUT2D eigenvalue weighted by atomic mass is 10.0. The Kier molecular flexibility index (Phi) is 3.25. The molecule has 4 nitrogen and oxygen atoms in total. The predicted octanol–water partition coefficient (Wildman–Crippen LogP) is 2.61. The van der Waals surface area contributed by atoms with Gasteiger partial charge in [-0.2, -0.15) is 0 Å². The van der Waals surface area contributed by atoms with Crippen molar-refractivity contribution in [3.8, 4) is 0 Å². The van der Waals surface area contributed by atoms with Crippen molar-refractivity contribution in [1.29, 1.82) is 0 Å². The Bertz CT molecular complexity index is 572. The molecular weight excluding hydrogens is 248 g/mol. The molecule has 0 aliphatic carbocycles. The van der Waals surface area contributed by atoms with E-state index in [4.69, 9.17) is 17.3 Å². The molecule has 1 heterocycles. The molecule has 2 rings (SSSR count). The molecule has 0 fully saturated rings. The van der Waals surface area contributed by atoms with E-state index in [2.05, 4.69) is 37.8 Å². The summed E-state index contributed by atoms with van der Waals surface area (Å²) >= 11 is 6.04. The smallest absolute Gasteiger partial charge is 0.201 e. The van der Waals surface area contributed by atoms with Crippen LogP contribution in [0.3, 0.4) is 0 Å². The summed E-state index contributed by atoms with van der Waals surface area (Å²) in [5, 5.41) is 0.700. The van der Waals surface area contributed by atoms with Gasteiger partial charge in [-0.3, -0.25) is 0 Å². The van der Waals surface area contributed by atoms with Crippen LogP contribution in [0.1, 0.15) is 13.8 Å². The standard InChI is InChI=1S/C13H19ClN4/c1-13(2,17(3)4)8-18-11-7-9(14)5-6-10(11)16-12(18)15/h5-7H,8H2,1-4H3,(H2,15,16). The lowest BCUT2D eigenvalue weighted by Gasteiger charge is -2.33. The van der Waals surface area contributed by atoms with E-state index in [9.17, 15) is 0 Å². The molecule has 2 aromatic rings. The van der Waals surface area contributed by atoms with Gasteiger partial charge in [-0.05, 0) is 46.1 Å².